The van der Waals surface area contributed by atoms with Gasteiger partial charge in [0, 0.05) is 37.8 Å². The van der Waals surface area contributed by atoms with Gasteiger partial charge in [0.25, 0.3) is 5.69 Å². The topological polar surface area (TPSA) is 110 Å². The van der Waals surface area contributed by atoms with E-state index in [-0.39, 0.29) is 28.6 Å². The van der Waals surface area contributed by atoms with Gasteiger partial charge in [0.05, 0.1) is 9.82 Å². The zero-order valence-corrected chi connectivity index (χ0v) is 19.2. The van der Waals surface area contributed by atoms with Crippen molar-refractivity contribution in [1.82, 2.24) is 9.21 Å². The first-order valence-corrected chi connectivity index (χ1v) is 11.4. The molecule has 30 heavy (non-hydrogen) atoms. The van der Waals surface area contributed by atoms with Crippen LogP contribution in [0.2, 0.25) is 0 Å². The van der Waals surface area contributed by atoms with E-state index in [1.165, 1.54) is 36.5 Å². The number of hydrogen-bond donors (Lipinski definition) is 0. The maximum atomic E-state index is 13.1. The minimum Gasteiger partial charge on any atom is -0.444 e. The van der Waals surface area contributed by atoms with E-state index in [4.69, 9.17) is 4.74 Å². The number of piperidine rings is 1. The predicted molar refractivity (Wildman–Crippen MR) is 113 cm³/mol. The van der Waals surface area contributed by atoms with E-state index in [1.807, 2.05) is 27.7 Å². The summed E-state index contributed by atoms with van der Waals surface area (Å²) in [6.07, 6.45) is 0.981. The van der Waals surface area contributed by atoms with Gasteiger partial charge in [0.1, 0.15) is 5.60 Å². The number of benzene rings is 1. The van der Waals surface area contributed by atoms with E-state index in [9.17, 15) is 23.3 Å². The second-order valence-electron chi connectivity index (χ2n) is 8.77. The molecule has 1 aliphatic heterocycles. The summed E-state index contributed by atoms with van der Waals surface area (Å²) in [6, 6.07) is 3.54. The number of nitro benzene ring substituents is 1. The first-order valence-electron chi connectivity index (χ1n) is 9.95. The van der Waals surface area contributed by atoms with Crippen LogP contribution in [-0.2, 0) is 14.8 Å². The van der Waals surface area contributed by atoms with Gasteiger partial charge in [-0.1, -0.05) is 0 Å². The fourth-order valence-electron chi connectivity index (χ4n) is 3.57. The van der Waals surface area contributed by atoms with Crippen LogP contribution >= 0.6 is 0 Å². The van der Waals surface area contributed by atoms with Gasteiger partial charge in [0.2, 0.25) is 10.0 Å². The van der Waals surface area contributed by atoms with Gasteiger partial charge in [0.15, 0.2) is 0 Å². The second-order valence-corrected chi connectivity index (χ2v) is 10.8. The smallest absolute Gasteiger partial charge is 0.410 e. The molecular formula is C20H31N3O6S. The van der Waals surface area contributed by atoms with Crippen LogP contribution in [0.15, 0.2) is 23.1 Å². The molecule has 1 fully saturated rings. The van der Waals surface area contributed by atoms with Crippen LogP contribution in [0.25, 0.3) is 0 Å². The third-order valence-electron chi connectivity index (χ3n) is 5.49. The summed E-state index contributed by atoms with van der Waals surface area (Å²) in [5.74, 6) is 0.0857. The van der Waals surface area contributed by atoms with Crippen LogP contribution in [0.5, 0.6) is 0 Å². The minimum atomic E-state index is -3.80. The van der Waals surface area contributed by atoms with Crippen molar-refractivity contribution in [3.63, 3.8) is 0 Å². The molecular weight excluding hydrogens is 410 g/mol. The number of carbonyl (C=O) groups excluding carboxylic acids is 1. The van der Waals surface area contributed by atoms with Crippen molar-refractivity contribution in [3.05, 3.63) is 33.9 Å². The van der Waals surface area contributed by atoms with Gasteiger partial charge < -0.3 is 9.64 Å². The van der Waals surface area contributed by atoms with Crippen LogP contribution in [0.3, 0.4) is 0 Å². The van der Waals surface area contributed by atoms with E-state index in [0.717, 1.165) is 0 Å². The second kappa shape index (κ2) is 8.89. The maximum Gasteiger partial charge on any atom is 0.410 e. The van der Waals surface area contributed by atoms with Crippen molar-refractivity contribution in [2.75, 3.05) is 20.1 Å². The molecule has 9 nitrogen and oxygen atoms in total. The highest BCUT2D eigenvalue weighted by Crippen LogP contribution is 2.29. The van der Waals surface area contributed by atoms with Crippen LogP contribution in [0.1, 0.15) is 46.1 Å². The summed E-state index contributed by atoms with van der Waals surface area (Å²) < 4.78 is 32.8. The number of likely N-dealkylation sites (tertiary alicyclic amines) is 1. The number of nitrogens with zero attached hydrogens (tertiary/aromatic N) is 3. The largest absolute Gasteiger partial charge is 0.444 e. The molecule has 168 valence electrons. The van der Waals surface area contributed by atoms with E-state index in [0.29, 0.717) is 31.5 Å². The molecule has 1 saturated heterocycles. The number of rotatable bonds is 5. The number of nitro groups is 1. The molecule has 10 heteroatoms. The van der Waals surface area contributed by atoms with E-state index >= 15 is 0 Å². The Morgan fingerprint density at radius 1 is 1.30 bits per heavy atom. The van der Waals surface area contributed by atoms with E-state index in [1.54, 1.807) is 4.90 Å². The molecule has 0 N–H and O–H groups in total. The Kier molecular flexibility index (Phi) is 7.13. The van der Waals surface area contributed by atoms with Crippen LogP contribution < -0.4 is 0 Å². The van der Waals surface area contributed by atoms with Gasteiger partial charge in [-0.15, -0.1) is 0 Å². The van der Waals surface area contributed by atoms with Crippen LogP contribution in [-0.4, -0.2) is 60.4 Å². The average molecular weight is 442 g/mol. The number of hydrogen-bond acceptors (Lipinski definition) is 6. The van der Waals surface area contributed by atoms with Gasteiger partial charge in [-0.3, -0.25) is 10.1 Å². The monoisotopic (exact) mass is 441 g/mol. The molecule has 2 rings (SSSR count). The van der Waals surface area contributed by atoms with Crippen molar-refractivity contribution >= 4 is 21.8 Å². The minimum absolute atomic E-state index is 0.0335. The van der Waals surface area contributed by atoms with Gasteiger partial charge in [-0.05, 0) is 65.5 Å². The normalized spacial score (nSPS) is 17.1. The fraction of sp³-hybridized carbons (Fsp3) is 0.650. The summed E-state index contributed by atoms with van der Waals surface area (Å²) in [7, 11) is -2.28. The third-order valence-corrected chi connectivity index (χ3v) is 7.43. The fourth-order valence-corrected chi connectivity index (χ4v) is 5.07. The molecule has 0 radical (unpaired) electrons. The Morgan fingerprint density at radius 3 is 2.33 bits per heavy atom. The number of amides is 1. The summed E-state index contributed by atoms with van der Waals surface area (Å²) in [5.41, 5.74) is -0.370. The van der Waals surface area contributed by atoms with Gasteiger partial charge in [-0.2, -0.15) is 4.31 Å². The van der Waals surface area contributed by atoms with Crippen molar-refractivity contribution in [3.8, 4) is 0 Å². The summed E-state index contributed by atoms with van der Waals surface area (Å²) in [4.78, 5) is 24.4. The highest BCUT2D eigenvalue weighted by molar-refractivity contribution is 7.89. The maximum absolute atomic E-state index is 13.1. The summed E-state index contributed by atoms with van der Waals surface area (Å²) in [5, 5.41) is 11.0. The zero-order valence-electron chi connectivity index (χ0n) is 18.4. The number of ether oxygens (including phenoxy) is 1. The third kappa shape index (κ3) is 5.48. The van der Waals surface area contributed by atoms with Gasteiger partial charge in [-0.25, -0.2) is 13.2 Å². The highest BCUT2D eigenvalue weighted by Gasteiger charge is 2.34. The first-order chi connectivity index (χ1) is 13.7. The molecule has 0 aliphatic carbocycles. The molecule has 0 spiro atoms. The average Bonchev–Trinajstić information content (AvgIpc) is 2.65. The van der Waals surface area contributed by atoms with Crippen molar-refractivity contribution in [2.24, 2.45) is 5.92 Å². The van der Waals surface area contributed by atoms with Crippen molar-refractivity contribution < 1.29 is 22.9 Å². The molecule has 1 atom stereocenters. The lowest BCUT2D eigenvalue weighted by atomic mass is 9.90. The molecule has 0 aromatic heterocycles. The Hall–Kier alpha value is -2.20. The molecule has 0 bridgehead atoms. The van der Waals surface area contributed by atoms with Crippen LogP contribution in [0, 0.1) is 23.0 Å². The van der Waals surface area contributed by atoms with Crippen molar-refractivity contribution in [2.45, 2.75) is 64.0 Å². The number of sulfonamides is 1. The Morgan fingerprint density at radius 2 is 1.87 bits per heavy atom. The Balaban J connectivity index is 2.07. The summed E-state index contributed by atoms with van der Waals surface area (Å²) >= 11 is 0. The molecule has 1 aromatic rings. The lowest BCUT2D eigenvalue weighted by Crippen LogP contribution is -2.47. The number of aryl methyl sites for hydroxylation is 1. The highest BCUT2D eigenvalue weighted by atomic mass is 32.2. The molecule has 1 amide bonds. The molecule has 0 unspecified atom stereocenters. The lowest BCUT2D eigenvalue weighted by Gasteiger charge is -2.38. The standard InChI is InChI=1S/C20H31N3O6S/c1-14-13-17(7-8-18(14)23(25)26)30(27,28)21(6)15(2)16-9-11-22(12-10-16)19(24)29-20(3,4)5/h7-8,13,15-16H,9-12H2,1-6H3/t15-/m1/s1. The van der Waals surface area contributed by atoms with Crippen molar-refractivity contribution in [1.29, 1.82) is 0 Å². The summed E-state index contributed by atoms with van der Waals surface area (Å²) in [6.45, 7) is 9.85. The molecule has 1 aromatic carbocycles. The van der Waals surface area contributed by atoms with Gasteiger partial charge >= 0.3 is 6.09 Å². The first kappa shape index (κ1) is 24.1. The predicted octanol–water partition coefficient (Wildman–Crippen LogP) is 3.56. The van der Waals surface area contributed by atoms with E-state index in [2.05, 4.69) is 0 Å². The Bertz CT molecular complexity index is 902. The molecule has 0 saturated carbocycles. The zero-order chi connectivity index (χ0) is 22.9. The quantitative estimate of drug-likeness (QED) is 0.510. The SMILES string of the molecule is Cc1cc(S(=O)(=O)N(C)[C@H](C)C2CCN(C(=O)OC(C)(C)C)CC2)ccc1[N+](=O)[O-]. The van der Waals surface area contributed by atoms with E-state index < -0.39 is 20.5 Å². The molecule has 1 heterocycles. The lowest BCUT2D eigenvalue weighted by molar-refractivity contribution is -0.385. The Labute approximate surface area is 178 Å². The number of carbonyl (C=O) groups is 1. The molecule has 1 aliphatic rings. The van der Waals surface area contributed by atoms with Crippen LogP contribution in [0.4, 0.5) is 10.5 Å².